The molecule has 37 heteroatoms. The monoisotopic (exact) mass is 1410 g/mol. The summed E-state index contributed by atoms with van der Waals surface area (Å²) in [5.74, 6) is -14.4. The van der Waals surface area contributed by atoms with Gasteiger partial charge < -0.3 is 85.1 Å². The van der Waals surface area contributed by atoms with Gasteiger partial charge >= 0.3 is 40.9 Å². The van der Waals surface area contributed by atoms with Crippen LogP contribution in [-0.4, -0.2) is 193 Å². The molecule has 0 aliphatic rings. The number of carbonyl (C=O) groups excluding carboxylic acids is 10. The number of aromatic amines is 2. The van der Waals surface area contributed by atoms with Gasteiger partial charge in [0.15, 0.2) is 5.96 Å². The highest BCUT2D eigenvalue weighted by atomic mass is 16.4. The van der Waals surface area contributed by atoms with Gasteiger partial charge in [-0.05, 0) is 75.3 Å². The van der Waals surface area contributed by atoms with Gasteiger partial charge in [-0.15, -0.1) is 0 Å². The zero-order chi connectivity index (χ0) is 73.9. The Morgan fingerprint density at radius 2 is 0.810 bits per heavy atom. The van der Waals surface area contributed by atoms with E-state index in [0.717, 1.165) is 4.57 Å². The molecule has 20 N–H and O–H groups in total. The average Bonchev–Trinajstić information content (AvgIpc) is 0.875. The maximum absolute atomic E-state index is 14.4. The molecule has 0 unspecified atom stereocenters. The normalized spacial score (nSPS) is 12.6. The standard InChI is InChI=1S/C63H90N16O21/c64-60(65)68-31-16-21-40(54(91)69-37-50(84)73-45(59(96)97)35-53(89)90)71-49(83)36-70-55(92)41(25-27-51(85)86)74-58(95)44(34-39-19-8-2-9-20-39)76-56(93)42(26-28-52(87)88)75-57(94)43(33-38-17-6-1-7-18-38)72-48(82)24-11-4-14-30-66-46(80)22-10-3-13-29-67-47(81)23-12-5-15-32-79-62(99)77-61(98)78-63(79)100/h1-2,6-9,17-20,40-45H,3-5,10-16,21-37H2,(H,66,80)(H,67,81)(H,69,91)(H,70,92)(H,71,83)(H,72,82)(H,73,84)(H,74,95)(H,75,94)(H,76,93)(H,85,86)(H,87,88)(H,89,90)(H,96,97)(H4,64,65,68)(H2,77,78,98,99,100)/t40-,41-,42-,43-,44-,45-/m0/s1. The van der Waals surface area contributed by atoms with Crippen molar-refractivity contribution < 1.29 is 87.5 Å². The Morgan fingerprint density at radius 3 is 1.26 bits per heavy atom. The molecule has 548 valence electrons. The summed E-state index contributed by atoms with van der Waals surface area (Å²) in [5, 5.41) is 62.1. The minimum absolute atomic E-state index is 0.0397. The fraction of sp³-hybridized carbons (Fsp3) is 0.524. The topological polar surface area (TPSA) is 592 Å². The molecule has 1 aromatic heterocycles. The molecule has 0 aliphatic heterocycles. The van der Waals surface area contributed by atoms with Gasteiger partial charge in [-0.1, -0.05) is 79.9 Å². The molecule has 100 heavy (non-hydrogen) atoms. The van der Waals surface area contributed by atoms with Crippen LogP contribution >= 0.6 is 0 Å². The molecule has 6 atom stereocenters. The predicted octanol–water partition coefficient (Wildman–Crippen LogP) is -3.89. The first-order valence-electron chi connectivity index (χ1n) is 32.4. The number of aliphatic imine (C=N–C) groups is 1. The number of hydrogen-bond acceptors (Lipinski definition) is 18. The van der Waals surface area contributed by atoms with E-state index in [-0.39, 0.29) is 75.8 Å². The number of nitrogens with one attached hydrogen (secondary N) is 12. The summed E-state index contributed by atoms with van der Waals surface area (Å²) in [6.07, 6.45) is 1.31. The van der Waals surface area contributed by atoms with Crippen molar-refractivity contribution in [1.82, 2.24) is 67.7 Å². The largest absolute Gasteiger partial charge is 0.481 e. The molecule has 0 radical (unpaired) electrons. The van der Waals surface area contributed by atoms with E-state index in [2.05, 4.69) is 52.8 Å². The summed E-state index contributed by atoms with van der Waals surface area (Å²) in [5.41, 5.74) is 9.30. The van der Waals surface area contributed by atoms with Gasteiger partial charge in [-0.3, -0.25) is 77.3 Å². The van der Waals surface area contributed by atoms with Gasteiger partial charge in [0, 0.05) is 71.1 Å². The van der Waals surface area contributed by atoms with E-state index in [1.54, 1.807) is 60.7 Å². The number of amides is 10. The second-order valence-corrected chi connectivity index (χ2v) is 23.1. The van der Waals surface area contributed by atoms with E-state index in [1.165, 1.54) is 0 Å². The van der Waals surface area contributed by atoms with Crippen LogP contribution < -0.4 is 81.7 Å². The van der Waals surface area contributed by atoms with Crippen LogP contribution in [0.25, 0.3) is 0 Å². The second-order valence-electron chi connectivity index (χ2n) is 23.1. The van der Waals surface area contributed by atoms with E-state index in [4.69, 9.17) is 16.6 Å². The summed E-state index contributed by atoms with van der Waals surface area (Å²) < 4.78 is 0.878. The molecule has 1 heterocycles. The van der Waals surface area contributed by atoms with Gasteiger partial charge in [-0.2, -0.15) is 0 Å². The Morgan fingerprint density at radius 1 is 0.410 bits per heavy atom. The number of nitrogens with two attached hydrogens (primary N) is 2. The molecule has 37 nitrogen and oxygen atoms in total. The lowest BCUT2D eigenvalue weighted by Crippen LogP contribution is -2.59. The Labute approximate surface area is 572 Å². The van der Waals surface area contributed by atoms with E-state index < -0.39 is 170 Å². The minimum Gasteiger partial charge on any atom is -0.481 e. The number of nitrogens with zero attached hydrogens (tertiary/aromatic N) is 2. The van der Waals surface area contributed by atoms with Crippen LogP contribution in [0, 0.1) is 0 Å². The molecule has 3 aromatic rings. The third kappa shape index (κ3) is 35.6. The molecule has 0 bridgehead atoms. The fourth-order valence-corrected chi connectivity index (χ4v) is 9.69. The smallest absolute Gasteiger partial charge is 0.333 e. The average molecular weight is 1410 g/mol. The van der Waals surface area contributed by atoms with E-state index in [0.29, 0.717) is 82.0 Å². The number of aliphatic carboxylic acids is 4. The van der Waals surface area contributed by atoms with Crippen LogP contribution in [0.3, 0.4) is 0 Å². The molecule has 0 fully saturated rings. The lowest BCUT2D eigenvalue weighted by atomic mass is 10.0. The second kappa shape index (κ2) is 46.0. The number of carboxylic acid groups (broad SMARTS) is 4. The molecule has 3 rings (SSSR count). The third-order valence-corrected chi connectivity index (χ3v) is 14.9. The van der Waals surface area contributed by atoms with Gasteiger partial charge in [0.05, 0.1) is 19.5 Å². The number of aromatic nitrogens is 3. The van der Waals surface area contributed by atoms with Crippen molar-refractivity contribution in [3.63, 3.8) is 0 Å². The van der Waals surface area contributed by atoms with Crippen LogP contribution in [0.5, 0.6) is 0 Å². The van der Waals surface area contributed by atoms with Gasteiger partial charge in [0.1, 0.15) is 36.3 Å². The Kier molecular flexibility index (Phi) is 38.2. The minimum atomic E-state index is -1.85. The number of carboxylic acids is 4. The van der Waals surface area contributed by atoms with Crippen molar-refractivity contribution in [2.45, 2.75) is 178 Å². The molecule has 10 amide bonds. The van der Waals surface area contributed by atoms with E-state index in [9.17, 15) is 96.8 Å². The highest BCUT2D eigenvalue weighted by Crippen LogP contribution is 2.12. The third-order valence-electron chi connectivity index (χ3n) is 14.9. The Balaban J connectivity index is 1.62. The van der Waals surface area contributed by atoms with Crippen molar-refractivity contribution in [3.05, 3.63) is 103 Å². The van der Waals surface area contributed by atoms with Crippen LogP contribution in [0.4, 0.5) is 0 Å². The number of carbonyl (C=O) groups is 14. The lowest BCUT2D eigenvalue weighted by molar-refractivity contribution is -0.147. The zero-order valence-electron chi connectivity index (χ0n) is 55.1. The molecular formula is C63H90N16O21. The SMILES string of the molecule is NC(N)=NCCC[C@H](NC(=O)CNC(=O)[C@H](CCC(=O)O)NC(=O)[C@H](Cc1ccccc1)NC(=O)[C@H](CCC(=O)O)NC(=O)[C@H](Cc1ccccc1)NC(=O)CCCCCNC(=O)CCCCCNC(=O)CCCCCn1c(=O)[nH]c(=O)[nH]c1=O)C(=O)NCC(=O)N[C@@H](CC(=O)O)C(=O)O. The predicted molar refractivity (Wildman–Crippen MR) is 355 cm³/mol. The molecule has 0 aliphatic carbocycles. The van der Waals surface area contributed by atoms with Crippen molar-refractivity contribution in [3.8, 4) is 0 Å². The summed E-state index contributed by atoms with van der Waals surface area (Å²) >= 11 is 0. The maximum Gasteiger partial charge on any atom is 0.333 e. The number of H-pyrrole nitrogens is 2. The first kappa shape index (κ1) is 82.9. The van der Waals surface area contributed by atoms with Gasteiger partial charge in [0.25, 0.3) is 0 Å². The number of hydrogen-bond donors (Lipinski definition) is 18. The zero-order valence-corrected chi connectivity index (χ0v) is 55.1. The molecule has 0 saturated heterocycles. The Bertz CT molecular complexity index is 3430. The summed E-state index contributed by atoms with van der Waals surface area (Å²) in [6, 6.07) is 6.93. The maximum atomic E-state index is 14.4. The van der Waals surface area contributed by atoms with Gasteiger partial charge in [-0.25, -0.2) is 23.7 Å². The first-order chi connectivity index (χ1) is 47.6. The van der Waals surface area contributed by atoms with Crippen LogP contribution in [0.15, 0.2) is 80.0 Å². The van der Waals surface area contributed by atoms with Crippen molar-refractivity contribution >= 4 is 88.9 Å². The highest BCUT2D eigenvalue weighted by Gasteiger charge is 2.33. The summed E-state index contributed by atoms with van der Waals surface area (Å²) in [7, 11) is 0. The van der Waals surface area contributed by atoms with Crippen LogP contribution in [-0.2, 0) is 86.5 Å². The summed E-state index contributed by atoms with van der Waals surface area (Å²) in [4.78, 5) is 223. The highest BCUT2D eigenvalue weighted by molar-refractivity contribution is 5.97. The first-order valence-corrected chi connectivity index (χ1v) is 32.4. The number of benzene rings is 2. The lowest BCUT2D eigenvalue weighted by Gasteiger charge is -2.26. The fourth-order valence-electron chi connectivity index (χ4n) is 9.69. The molecule has 0 spiro atoms. The molecular weight excluding hydrogens is 1320 g/mol. The number of rotatable bonds is 50. The van der Waals surface area contributed by atoms with E-state index >= 15 is 0 Å². The summed E-state index contributed by atoms with van der Waals surface area (Å²) in [6.45, 7) is -0.969. The van der Waals surface area contributed by atoms with Gasteiger partial charge in [0.2, 0.25) is 59.1 Å². The van der Waals surface area contributed by atoms with Crippen molar-refractivity contribution in [2.75, 3.05) is 32.7 Å². The van der Waals surface area contributed by atoms with Crippen LogP contribution in [0.1, 0.15) is 133 Å². The number of unbranched alkanes of at least 4 members (excludes halogenated alkanes) is 6. The van der Waals surface area contributed by atoms with Crippen molar-refractivity contribution in [2.24, 2.45) is 16.5 Å². The molecule has 0 saturated carbocycles. The quantitative estimate of drug-likeness (QED) is 0.0146. The number of guanidine groups is 1. The Hall–Kier alpha value is -11.3. The van der Waals surface area contributed by atoms with Crippen molar-refractivity contribution in [1.29, 1.82) is 0 Å². The van der Waals surface area contributed by atoms with E-state index in [1.807, 2.05) is 15.3 Å². The van der Waals surface area contributed by atoms with Crippen LogP contribution in [0.2, 0.25) is 0 Å². The molecule has 2 aromatic carbocycles.